The molecule has 0 fully saturated rings. The summed E-state index contributed by atoms with van der Waals surface area (Å²) in [4.78, 5) is 25.1. The van der Waals surface area contributed by atoms with Crippen molar-refractivity contribution in [2.24, 2.45) is 0 Å². The fourth-order valence-corrected chi connectivity index (χ4v) is 3.78. The lowest BCUT2D eigenvalue weighted by molar-refractivity contribution is -0.139. The van der Waals surface area contributed by atoms with Crippen LogP contribution in [0.15, 0.2) is 60.7 Å². The Bertz CT molecular complexity index is 1160. The highest BCUT2D eigenvalue weighted by molar-refractivity contribution is 6.30. The number of ether oxygens (including phenoxy) is 4. The Kier molecular flexibility index (Phi) is 8.94. The Morgan fingerprint density at radius 2 is 1.54 bits per heavy atom. The molecule has 0 aliphatic carbocycles. The number of amides is 1. The molecule has 3 aromatic carbocycles. The molecule has 184 valence electrons. The molecule has 3 aromatic rings. The largest absolute Gasteiger partial charge is 0.493 e. The number of esters is 1. The number of hydrogen-bond donors (Lipinski definition) is 2. The quantitative estimate of drug-likeness (QED) is 0.398. The van der Waals surface area contributed by atoms with E-state index in [2.05, 4.69) is 10.6 Å². The zero-order chi connectivity index (χ0) is 25.4. The predicted molar refractivity (Wildman–Crippen MR) is 134 cm³/mol. The van der Waals surface area contributed by atoms with Crippen LogP contribution in [0.4, 0.5) is 5.69 Å². The molecule has 1 atom stereocenters. The zero-order valence-corrected chi connectivity index (χ0v) is 20.6. The number of carbonyl (C=O) groups is 2. The smallest absolute Gasteiger partial charge is 0.319 e. The van der Waals surface area contributed by atoms with E-state index in [-0.39, 0.29) is 6.54 Å². The lowest BCUT2D eigenvalue weighted by atomic mass is 9.96. The van der Waals surface area contributed by atoms with E-state index in [0.29, 0.717) is 39.1 Å². The lowest BCUT2D eigenvalue weighted by Gasteiger charge is -2.23. The van der Waals surface area contributed by atoms with E-state index in [1.54, 1.807) is 30.3 Å². The summed E-state index contributed by atoms with van der Waals surface area (Å²) in [6, 6.07) is 17.3. The minimum Gasteiger partial charge on any atom is -0.493 e. The Labute approximate surface area is 209 Å². The highest BCUT2D eigenvalue weighted by Gasteiger charge is 2.22. The highest BCUT2D eigenvalue weighted by atomic mass is 35.5. The van der Waals surface area contributed by atoms with Crippen molar-refractivity contribution in [3.63, 3.8) is 0 Å². The van der Waals surface area contributed by atoms with Crippen molar-refractivity contribution in [1.29, 1.82) is 0 Å². The van der Waals surface area contributed by atoms with Gasteiger partial charge in [0.1, 0.15) is 0 Å². The molecular formula is C26H27ClN2O6. The van der Waals surface area contributed by atoms with E-state index in [0.717, 1.165) is 5.56 Å². The van der Waals surface area contributed by atoms with Gasteiger partial charge in [-0.3, -0.25) is 14.9 Å². The van der Waals surface area contributed by atoms with Gasteiger partial charge in [-0.2, -0.15) is 0 Å². The molecule has 1 amide bonds. The van der Waals surface area contributed by atoms with Crippen molar-refractivity contribution in [3.05, 3.63) is 82.4 Å². The van der Waals surface area contributed by atoms with E-state index >= 15 is 0 Å². The molecule has 0 saturated heterocycles. The maximum atomic E-state index is 13.3. The first-order valence-corrected chi connectivity index (χ1v) is 11.1. The van der Waals surface area contributed by atoms with Crippen molar-refractivity contribution in [2.45, 2.75) is 6.04 Å². The molecular weight excluding hydrogens is 472 g/mol. The van der Waals surface area contributed by atoms with Crippen molar-refractivity contribution >= 4 is 29.2 Å². The Hall–Kier alpha value is -3.75. The molecule has 3 rings (SSSR count). The molecule has 2 N–H and O–H groups in total. The second-order valence-corrected chi connectivity index (χ2v) is 7.84. The molecule has 35 heavy (non-hydrogen) atoms. The number of benzene rings is 3. The molecule has 0 saturated carbocycles. The molecule has 0 spiro atoms. The maximum absolute atomic E-state index is 13.3. The second kappa shape index (κ2) is 12.1. The summed E-state index contributed by atoms with van der Waals surface area (Å²) < 4.78 is 20.8. The lowest BCUT2D eigenvalue weighted by Crippen LogP contribution is -2.30. The van der Waals surface area contributed by atoms with Crippen molar-refractivity contribution in [2.75, 3.05) is 40.3 Å². The maximum Gasteiger partial charge on any atom is 0.319 e. The zero-order valence-electron chi connectivity index (χ0n) is 19.9. The van der Waals surface area contributed by atoms with Crippen LogP contribution in [0.1, 0.15) is 27.5 Å². The van der Waals surface area contributed by atoms with Gasteiger partial charge in [-0.25, -0.2) is 0 Å². The van der Waals surface area contributed by atoms with Gasteiger partial charge in [0, 0.05) is 16.3 Å². The molecule has 8 nitrogen and oxygen atoms in total. The first kappa shape index (κ1) is 25.9. The molecule has 0 bridgehead atoms. The number of methoxy groups -OCH3 is 4. The van der Waals surface area contributed by atoms with Gasteiger partial charge in [0.25, 0.3) is 5.91 Å². The highest BCUT2D eigenvalue weighted by Crippen LogP contribution is 2.38. The monoisotopic (exact) mass is 498 g/mol. The first-order valence-electron chi connectivity index (χ1n) is 10.7. The average Bonchev–Trinajstić information content (AvgIpc) is 2.89. The third-order valence-electron chi connectivity index (χ3n) is 5.31. The average molecular weight is 499 g/mol. The summed E-state index contributed by atoms with van der Waals surface area (Å²) in [5.74, 6) is 0.281. The standard InChI is InChI=1S/C26H27ClN2O6/c1-32-21-12-17(13-22(33-2)25(21)35-4)26(31)29-20-11-10-18(27)14-19(20)24(28-15-23(30)34-3)16-8-6-5-7-9-16/h5-14,24,28H,15H2,1-4H3,(H,29,31)/t24-/m1/s1. The number of rotatable bonds is 10. The second-order valence-electron chi connectivity index (χ2n) is 7.40. The SMILES string of the molecule is COC(=O)CN[C@H](c1ccccc1)c1cc(Cl)ccc1NC(=O)c1cc(OC)c(OC)c(OC)c1. The van der Waals surface area contributed by atoms with E-state index in [1.165, 1.54) is 28.4 Å². The minimum absolute atomic E-state index is 0.0389. The molecule has 0 heterocycles. The van der Waals surface area contributed by atoms with Gasteiger partial charge < -0.3 is 24.3 Å². The van der Waals surface area contributed by atoms with Gasteiger partial charge in [-0.1, -0.05) is 41.9 Å². The van der Waals surface area contributed by atoms with E-state index in [9.17, 15) is 9.59 Å². The topological polar surface area (TPSA) is 95.1 Å². The van der Waals surface area contributed by atoms with E-state index in [4.69, 9.17) is 30.5 Å². The van der Waals surface area contributed by atoms with Crippen LogP contribution >= 0.6 is 11.6 Å². The van der Waals surface area contributed by atoms with Crippen LogP contribution in [0.2, 0.25) is 5.02 Å². The van der Waals surface area contributed by atoms with Gasteiger partial charge >= 0.3 is 5.97 Å². The number of nitrogens with one attached hydrogen (secondary N) is 2. The summed E-state index contributed by atoms with van der Waals surface area (Å²) in [6.07, 6.45) is 0. The summed E-state index contributed by atoms with van der Waals surface area (Å²) in [5.41, 5.74) is 2.37. The number of halogens is 1. The minimum atomic E-state index is -0.454. The number of hydrogen-bond acceptors (Lipinski definition) is 7. The predicted octanol–water partition coefficient (Wildman–Crippen LogP) is 4.47. The van der Waals surface area contributed by atoms with Gasteiger partial charge in [-0.15, -0.1) is 0 Å². The van der Waals surface area contributed by atoms with Gasteiger partial charge in [0.05, 0.1) is 41.0 Å². The van der Waals surface area contributed by atoms with Crippen LogP contribution in [0.3, 0.4) is 0 Å². The van der Waals surface area contributed by atoms with Crippen LogP contribution < -0.4 is 24.8 Å². The van der Waals surface area contributed by atoms with Gasteiger partial charge in [0.2, 0.25) is 5.75 Å². The van der Waals surface area contributed by atoms with E-state index < -0.39 is 17.9 Å². The van der Waals surface area contributed by atoms with Crippen molar-refractivity contribution in [3.8, 4) is 17.2 Å². The fraction of sp³-hybridized carbons (Fsp3) is 0.231. The van der Waals surface area contributed by atoms with Crippen LogP contribution in [0.5, 0.6) is 17.2 Å². The molecule has 0 aromatic heterocycles. The number of anilines is 1. The Balaban J connectivity index is 2.01. The molecule has 9 heteroatoms. The normalized spacial score (nSPS) is 11.3. The van der Waals surface area contributed by atoms with Crippen LogP contribution in [0, 0.1) is 0 Å². The van der Waals surface area contributed by atoms with Crippen LogP contribution in [-0.4, -0.2) is 46.9 Å². The van der Waals surface area contributed by atoms with E-state index in [1.807, 2.05) is 30.3 Å². The van der Waals surface area contributed by atoms with Gasteiger partial charge in [-0.05, 0) is 41.5 Å². The van der Waals surface area contributed by atoms with Gasteiger partial charge in [0.15, 0.2) is 11.5 Å². The number of carbonyl (C=O) groups excluding carboxylic acids is 2. The van der Waals surface area contributed by atoms with Crippen molar-refractivity contribution in [1.82, 2.24) is 5.32 Å². The first-order chi connectivity index (χ1) is 16.9. The summed E-state index contributed by atoms with van der Waals surface area (Å²) in [6.45, 7) is -0.0389. The van der Waals surface area contributed by atoms with Crippen LogP contribution in [0.25, 0.3) is 0 Å². The van der Waals surface area contributed by atoms with Crippen molar-refractivity contribution < 1.29 is 28.5 Å². The Morgan fingerprint density at radius 3 is 2.11 bits per heavy atom. The molecule has 0 unspecified atom stereocenters. The molecule has 0 aliphatic heterocycles. The summed E-state index contributed by atoms with van der Waals surface area (Å²) >= 11 is 6.33. The third kappa shape index (κ3) is 6.23. The summed E-state index contributed by atoms with van der Waals surface area (Å²) in [5, 5.41) is 6.61. The molecule has 0 radical (unpaired) electrons. The summed E-state index contributed by atoms with van der Waals surface area (Å²) in [7, 11) is 5.77. The fourth-order valence-electron chi connectivity index (χ4n) is 3.60. The molecule has 0 aliphatic rings. The third-order valence-corrected chi connectivity index (χ3v) is 5.55. The van der Waals surface area contributed by atoms with Crippen LogP contribution in [-0.2, 0) is 9.53 Å². The Morgan fingerprint density at radius 1 is 0.886 bits per heavy atom.